The average molecular weight is 265 g/mol. The number of carboxylic acid groups (broad SMARTS) is 1. The third-order valence-corrected chi connectivity index (χ3v) is 2.52. The second kappa shape index (κ2) is 5.73. The Hall–Kier alpha value is -2.04. The summed E-state index contributed by atoms with van der Waals surface area (Å²) in [5.41, 5.74) is 0.948. The standard InChI is InChI=1S/C14H19NO4/c1-9-5-10(2)7-11(6-9)19-14(3,4)13(18)15-8-12(16)17/h5-7H,8H2,1-4H3,(H,15,18)(H,16,17). The molecule has 0 heterocycles. The predicted molar refractivity (Wildman–Crippen MR) is 71.3 cm³/mol. The molecule has 0 aliphatic carbocycles. The Balaban J connectivity index is 2.77. The Labute approximate surface area is 112 Å². The van der Waals surface area contributed by atoms with Gasteiger partial charge in [-0.05, 0) is 51.0 Å². The number of aliphatic carboxylic acids is 1. The van der Waals surface area contributed by atoms with E-state index in [2.05, 4.69) is 5.32 Å². The zero-order valence-corrected chi connectivity index (χ0v) is 11.6. The van der Waals surface area contributed by atoms with Crippen LogP contribution in [0.1, 0.15) is 25.0 Å². The number of benzene rings is 1. The highest BCUT2D eigenvalue weighted by molar-refractivity contribution is 5.87. The van der Waals surface area contributed by atoms with Crippen LogP contribution in [0.15, 0.2) is 18.2 Å². The van der Waals surface area contributed by atoms with Gasteiger partial charge in [-0.15, -0.1) is 0 Å². The normalized spacial score (nSPS) is 10.9. The first-order valence-electron chi connectivity index (χ1n) is 5.98. The molecule has 0 spiro atoms. The van der Waals surface area contributed by atoms with Crippen LogP contribution in [0.2, 0.25) is 0 Å². The summed E-state index contributed by atoms with van der Waals surface area (Å²) >= 11 is 0. The summed E-state index contributed by atoms with van der Waals surface area (Å²) in [5, 5.41) is 10.8. The zero-order chi connectivity index (χ0) is 14.6. The van der Waals surface area contributed by atoms with Gasteiger partial charge in [-0.3, -0.25) is 9.59 Å². The van der Waals surface area contributed by atoms with Gasteiger partial charge in [-0.2, -0.15) is 0 Å². The highest BCUT2D eigenvalue weighted by atomic mass is 16.5. The van der Waals surface area contributed by atoms with Crippen LogP contribution < -0.4 is 10.1 Å². The Morgan fingerprint density at radius 2 is 1.74 bits per heavy atom. The molecule has 2 N–H and O–H groups in total. The van der Waals surface area contributed by atoms with Crippen molar-refractivity contribution in [1.82, 2.24) is 5.32 Å². The third-order valence-electron chi connectivity index (χ3n) is 2.52. The largest absolute Gasteiger partial charge is 0.480 e. The van der Waals surface area contributed by atoms with Gasteiger partial charge in [0.25, 0.3) is 5.91 Å². The lowest BCUT2D eigenvalue weighted by atomic mass is 10.1. The van der Waals surface area contributed by atoms with Crippen LogP contribution in [0, 0.1) is 13.8 Å². The number of ether oxygens (including phenoxy) is 1. The summed E-state index contributed by atoms with van der Waals surface area (Å²) in [7, 11) is 0. The van der Waals surface area contributed by atoms with E-state index in [-0.39, 0.29) is 0 Å². The number of amides is 1. The fourth-order valence-corrected chi connectivity index (χ4v) is 1.70. The van der Waals surface area contributed by atoms with Crippen LogP contribution >= 0.6 is 0 Å². The van der Waals surface area contributed by atoms with Crippen molar-refractivity contribution in [1.29, 1.82) is 0 Å². The van der Waals surface area contributed by atoms with E-state index in [9.17, 15) is 9.59 Å². The molecule has 0 aromatic heterocycles. The molecule has 0 bridgehead atoms. The van der Waals surface area contributed by atoms with Gasteiger partial charge in [-0.1, -0.05) is 6.07 Å². The zero-order valence-electron chi connectivity index (χ0n) is 11.6. The maximum atomic E-state index is 11.8. The molecule has 5 heteroatoms. The molecular weight excluding hydrogens is 246 g/mol. The minimum atomic E-state index is -1.13. The number of carboxylic acids is 1. The van der Waals surface area contributed by atoms with Gasteiger partial charge < -0.3 is 15.2 Å². The second-order valence-corrected chi connectivity index (χ2v) is 5.01. The highest BCUT2D eigenvalue weighted by Gasteiger charge is 2.30. The number of hydrogen-bond donors (Lipinski definition) is 2. The Bertz CT molecular complexity index is 474. The SMILES string of the molecule is Cc1cc(C)cc(OC(C)(C)C(=O)NCC(=O)O)c1. The fraction of sp³-hybridized carbons (Fsp3) is 0.429. The summed E-state index contributed by atoms with van der Waals surface area (Å²) in [6.45, 7) is 6.66. The maximum absolute atomic E-state index is 11.8. The molecule has 1 amide bonds. The molecule has 1 aromatic carbocycles. The Morgan fingerprint density at radius 3 is 2.21 bits per heavy atom. The molecule has 0 radical (unpaired) electrons. The molecule has 1 rings (SSSR count). The topological polar surface area (TPSA) is 75.6 Å². The van der Waals surface area contributed by atoms with Crippen LogP contribution in [-0.4, -0.2) is 29.1 Å². The Morgan fingerprint density at radius 1 is 1.21 bits per heavy atom. The maximum Gasteiger partial charge on any atom is 0.322 e. The molecular formula is C14H19NO4. The van der Waals surface area contributed by atoms with Crippen molar-refractivity contribution in [2.24, 2.45) is 0 Å². The number of hydrogen-bond acceptors (Lipinski definition) is 3. The van der Waals surface area contributed by atoms with Crippen molar-refractivity contribution in [2.45, 2.75) is 33.3 Å². The lowest BCUT2D eigenvalue weighted by molar-refractivity contribution is -0.141. The van der Waals surface area contributed by atoms with E-state index in [4.69, 9.17) is 9.84 Å². The van der Waals surface area contributed by atoms with E-state index >= 15 is 0 Å². The number of aryl methyl sites for hydroxylation is 2. The first-order valence-corrected chi connectivity index (χ1v) is 5.98. The first-order chi connectivity index (χ1) is 8.70. The lowest BCUT2D eigenvalue weighted by Gasteiger charge is -2.25. The Kier molecular flexibility index (Phi) is 4.53. The molecule has 0 aliphatic rings. The second-order valence-electron chi connectivity index (χ2n) is 5.01. The molecule has 0 saturated carbocycles. The molecule has 0 aliphatic heterocycles. The summed E-state index contributed by atoms with van der Waals surface area (Å²) in [6.07, 6.45) is 0. The van der Waals surface area contributed by atoms with E-state index in [0.717, 1.165) is 11.1 Å². The predicted octanol–water partition coefficient (Wildman–Crippen LogP) is 1.66. The van der Waals surface area contributed by atoms with Gasteiger partial charge in [0.05, 0.1) is 0 Å². The van der Waals surface area contributed by atoms with Gasteiger partial charge in [0.2, 0.25) is 0 Å². The minimum Gasteiger partial charge on any atom is -0.480 e. The molecule has 0 fully saturated rings. The minimum absolute atomic E-state index is 0.418. The van der Waals surface area contributed by atoms with Crippen molar-refractivity contribution < 1.29 is 19.4 Å². The first kappa shape index (κ1) is 15.0. The van der Waals surface area contributed by atoms with Crippen molar-refractivity contribution in [2.75, 3.05) is 6.54 Å². The van der Waals surface area contributed by atoms with Crippen molar-refractivity contribution in [3.05, 3.63) is 29.3 Å². The van der Waals surface area contributed by atoms with Crippen LogP contribution in [-0.2, 0) is 9.59 Å². The van der Waals surface area contributed by atoms with Gasteiger partial charge in [0, 0.05) is 0 Å². The van der Waals surface area contributed by atoms with E-state index in [1.165, 1.54) is 0 Å². The molecule has 0 atom stereocenters. The molecule has 104 valence electrons. The number of rotatable bonds is 5. The van der Waals surface area contributed by atoms with Crippen molar-refractivity contribution in [3.8, 4) is 5.75 Å². The molecule has 19 heavy (non-hydrogen) atoms. The molecule has 1 aromatic rings. The smallest absolute Gasteiger partial charge is 0.322 e. The van der Waals surface area contributed by atoms with Gasteiger partial charge in [0.15, 0.2) is 5.60 Å². The quantitative estimate of drug-likeness (QED) is 0.849. The van der Waals surface area contributed by atoms with E-state index in [1.54, 1.807) is 13.8 Å². The van der Waals surface area contributed by atoms with Crippen molar-refractivity contribution >= 4 is 11.9 Å². The summed E-state index contributed by atoms with van der Waals surface area (Å²) in [4.78, 5) is 22.3. The van der Waals surface area contributed by atoms with E-state index in [0.29, 0.717) is 5.75 Å². The average Bonchev–Trinajstić information content (AvgIpc) is 2.23. The molecule has 5 nitrogen and oxygen atoms in total. The van der Waals surface area contributed by atoms with E-state index in [1.807, 2.05) is 32.0 Å². The summed E-state index contributed by atoms with van der Waals surface area (Å²) in [5.74, 6) is -0.961. The number of carbonyl (C=O) groups is 2. The van der Waals surface area contributed by atoms with E-state index < -0.39 is 24.0 Å². The van der Waals surface area contributed by atoms with Crippen LogP contribution in [0.4, 0.5) is 0 Å². The van der Waals surface area contributed by atoms with Crippen LogP contribution in [0.25, 0.3) is 0 Å². The van der Waals surface area contributed by atoms with Crippen LogP contribution in [0.5, 0.6) is 5.75 Å². The van der Waals surface area contributed by atoms with Gasteiger partial charge in [-0.25, -0.2) is 0 Å². The lowest BCUT2D eigenvalue weighted by Crippen LogP contribution is -2.47. The van der Waals surface area contributed by atoms with Gasteiger partial charge in [0.1, 0.15) is 12.3 Å². The number of carbonyl (C=O) groups excluding carboxylic acids is 1. The van der Waals surface area contributed by atoms with Gasteiger partial charge >= 0.3 is 5.97 Å². The third kappa shape index (κ3) is 4.62. The highest BCUT2D eigenvalue weighted by Crippen LogP contribution is 2.21. The van der Waals surface area contributed by atoms with Crippen molar-refractivity contribution in [3.63, 3.8) is 0 Å². The fourth-order valence-electron chi connectivity index (χ4n) is 1.70. The molecule has 0 unspecified atom stereocenters. The summed E-state index contributed by atoms with van der Waals surface area (Å²) < 4.78 is 5.65. The number of nitrogens with one attached hydrogen (secondary N) is 1. The summed E-state index contributed by atoms with van der Waals surface area (Å²) in [6, 6.07) is 5.67. The van der Waals surface area contributed by atoms with Crippen LogP contribution in [0.3, 0.4) is 0 Å². The molecule has 0 saturated heterocycles. The monoisotopic (exact) mass is 265 g/mol.